The number of nitrogens with zero attached hydrogens (tertiary/aromatic N) is 1. The molecule has 1 aliphatic heterocycles. The number of carbonyl (C=O) groups excluding carboxylic acids is 2. The fraction of sp³-hybridized carbons (Fsp3) is 0.579. The van der Waals surface area contributed by atoms with Gasteiger partial charge in [0.1, 0.15) is 18.4 Å². The minimum absolute atomic E-state index is 0.0480. The summed E-state index contributed by atoms with van der Waals surface area (Å²) >= 11 is 3.44. The number of nitrogens with one attached hydrogen (secondary N) is 1. The molecule has 3 rings (SSSR count). The zero-order chi connectivity index (χ0) is 18.7. The number of halogens is 1. The maximum atomic E-state index is 13.0. The van der Waals surface area contributed by atoms with E-state index in [0.29, 0.717) is 19.7 Å². The predicted molar refractivity (Wildman–Crippen MR) is 101 cm³/mol. The van der Waals surface area contributed by atoms with Crippen LogP contribution in [0.1, 0.15) is 38.2 Å². The van der Waals surface area contributed by atoms with E-state index in [1.54, 1.807) is 4.90 Å². The molecule has 142 valence electrons. The quantitative estimate of drug-likeness (QED) is 0.776. The molecule has 0 radical (unpaired) electrons. The van der Waals surface area contributed by atoms with E-state index in [4.69, 9.17) is 4.74 Å². The molecule has 1 aliphatic carbocycles. The Labute approximate surface area is 162 Å². The average molecular weight is 425 g/mol. The van der Waals surface area contributed by atoms with E-state index in [0.717, 1.165) is 41.5 Å². The fourth-order valence-electron chi connectivity index (χ4n) is 3.60. The standard InChI is InChI=1S/C19H25BrN2O4/c1-12(23)17(21-18(24)13-4-2-3-5-13)19(25)22-8-9-26-16-7-6-15(20)10-14(16)11-22/h6-7,10,12-13,17,23H,2-5,8-9,11H2,1H3,(H,21,24). The number of carbonyl (C=O) groups is 2. The number of aliphatic hydroxyl groups is 1. The molecule has 1 heterocycles. The van der Waals surface area contributed by atoms with Crippen LogP contribution in [-0.4, -0.2) is 47.1 Å². The first-order chi connectivity index (χ1) is 12.5. The van der Waals surface area contributed by atoms with Gasteiger partial charge in [0.2, 0.25) is 11.8 Å². The topological polar surface area (TPSA) is 78.9 Å². The molecule has 2 atom stereocenters. The van der Waals surface area contributed by atoms with Crippen LogP contribution >= 0.6 is 15.9 Å². The van der Waals surface area contributed by atoms with E-state index >= 15 is 0 Å². The van der Waals surface area contributed by atoms with Crippen LogP contribution in [0.2, 0.25) is 0 Å². The number of ether oxygens (including phenoxy) is 1. The van der Waals surface area contributed by atoms with Crippen molar-refractivity contribution < 1.29 is 19.4 Å². The average Bonchev–Trinajstić information content (AvgIpc) is 3.06. The summed E-state index contributed by atoms with van der Waals surface area (Å²) in [6.45, 7) is 2.71. The molecular formula is C19H25BrN2O4. The molecular weight excluding hydrogens is 400 g/mol. The van der Waals surface area contributed by atoms with Gasteiger partial charge >= 0.3 is 0 Å². The van der Waals surface area contributed by atoms with Gasteiger partial charge in [0.05, 0.1) is 12.6 Å². The molecule has 7 heteroatoms. The van der Waals surface area contributed by atoms with Crippen molar-refractivity contribution in [1.82, 2.24) is 10.2 Å². The first kappa shape index (κ1) is 19.2. The minimum Gasteiger partial charge on any atom is -0.491 e. The van der Waals surface area contributed by atoms with Crippen LogP contribution < -0.4 is 10.1 Å². The van der Waals surface area contributed by atoms with Crippen LogP contribution in [0.4, 0.5) is 0 Å². The van der Waals surface area contributed by atoms with E-state index in [9.17, 15) is 14.7 Å². The van der Waals surface area contributed by atoms with Crippen LogP contribution in [0.25, 0.3) is 0 Å². The molecule has 2 aliphatic rings. The third kappa shape index (κ3) is 4.38. The van der Waals surface area contributed by atoms with Gasteiger partial charge in [-0.15, -0.1) is 0 Å². The van der Waals surface area contributed by atoms with Crippen molar-refractivity contribution in [2.45, 2.75) is 51.3 Å². The Kier molecular flexibility index (Phi) is 6.19. The lowest BCUT2D eigenvalue weighted by Crippen LogP contribution is -2.54. The van der Waals surface area contributed by atoms with Gasteiger partial charge in [-0.1, -0.05) is 28.8 Å². The Morgan fingerprint density at radius 1 is 1.35 bits per heavy atom. The van der Waals surface area contributed by atoms with Gasteiger partial charge in [-0.05, 0) is 38.0 Å². The van der Waals surface area contributed by atoms with Gasteiger partial charge < -0.3 is 20.1 Å². The molecule has 26 heavy (non-hydrogen) atoms. The molecule has 0 bridgehead atoms. The first-order valence-electron chi connectivity index (χ1n) is 9.14. The highest BCUT2D eigenvalue weighted by atomic mass is 79.9. The summed E-state index contributed by atoms with van der Waals surface area (Å²) in [5, 5.41) is 12.9. The number of aliphatic hydroxyl groups excluding tert-OH is 1. The van der Waals surface area contributed by atoms with Gasteiger partial charge in [-0.2, -0.15) is 0 Å². The van der Waals surface area contributed by atoms with Crippen molar-refractivity contribution in [1.29, 1.82) is 0 Å². The van der Waals surface area contributed by atoms with Crippen molar-refractivity contribution in [3.05, 3.63) is 28.2 Å². The molecule has 1 fully saturated rings. The maximum Gasteiger partial charge on any atom is 0.248 e. The Morgan fingerprint density at radius 3 is 2.77 bits per heavy atom. The zero-order valence-electron chi connectivity index (χ0n) is 14.9. The summed E-state index contributed by atoms with van der Waals surface area (Å²) in [7, 11) is 0. The summed E-state index contributed by atoms with van der Waals surface area (Å²) in [4.78, 5) is 27.1. The van der Waals surface area contributed by atoms with Crippen LogP contribution in [0.15, 0.2) is 22.7 Å². The SMILES string of the molecule is CC(O)C(NC(=O)C1CCCC1)C(=O)N1CCOc2ccc(Br)cc2C1. The van der Waals surface area contributed by atoms with Crippen molar-refractivity contribution >= 4 is 27.7 Å². The molecule has 0 saturated heterocycles. The van der Waals surface area contributed by atoms with Crippen LogP contribution in [0.3, 0.4) is 0 Å². The lowest BCUT2D eigenvalue weighted by atomic mass is 10.0. The molecule has 0 aromatic heterocycles. The number of amides is 2. The zero-order valence-corrected chi connectivity index (χ0v) is 16.5. The van der Waals surface area contributed by atoms with Crippen molar-refractivity contribution in [3.63, 3.8) is 0 Å². The molecule has 2 N–H and O–H groups in total. The molecule has 1 aromatic carbocycles. The largest absolute Gasteiger partial charge is 0.491 e. The summed E-state index contributed by atoms with van der Waals surface area (Å²) < 4.78 is 6.63. The van der Waals surface area contributed by atoms with Crippen LogP contribution in [0.5, 0.6) is 5.75 Å². The second-order valence-electron chi connectivity index (χ2n) is 7.07. The van der Waals surface area contributed by atoms with E-state index in [2.05, 4.69) is 21.2 Å². The first-order valence-corrected chi connectivity index (χ1v) is 9.93. The monoisotopic (exact) mass is 424 g/mol. The third-order valence-corrected chi connectivity index (χ3v) is 5.58. The molecule has 0 spiro atoms. The summed E-state index contributed by atoms with van der Waals surface area (Å²) in [5.74, 6) is 0.305. The second kappa shape index (κ2) is 8.39. The van der Waals surface area contributed by atoms with Gasteiger partial charge in [0, 0.05) is 22.5 Å². The number of hydrogen-bond acceptors (Lipinski definition) is 4. The molecule has 2 amide bonds. The van der Waals surface area contributed by atoms with Crippen molar-refractivity contribution in [2.75, 3.05) is 13.2 Å². The van der Waals surface area contributed by atoms with Crippen LogP contribution in [-0.2, 0) is 16.1 Å². The Balaban J connectivity index is 1.73. The normalized spacial score (nSPS) is 19.9. The number of rotatable bonds is 4. The molecule has 2 unspecified atom stereocenters. The van der Waals surface area contributed by atoms with Gasteiger partial charge in [0.15, 0.2) is 0 Å². The van der Waals surface area contributed by atoms with E-state index < -0.39 is 12.1 Å². The molecule has 1 saturated carbocycles. The van der Waals surface area contributed by atoms with E-state index in [1.165, 1.54) is 6.92 Å². The lowest BCUT2D eigenvalue weighted by Gasteiger charge is -2.28. The second-order valence-corrected chi connectivity index (χ2v) is 7.98. The minimum atomic E-state index is -0.959. The summed E-state index contributed by atoms with van der Waals surface area (Å²) in [6, 6.07) is 4.77. The Hall–Kier alpha value is -1.60. The molecule has 1 aromatic rings. The van der Waals surface area contributed by atoms with Gasteiger partial charge in [-0.25, -0.2) is 0 Å². The number of benzene rings is 1. The highest BCUT2D eigenvalue weighted by molar-refractivity contribution is 9.10. The lowest BCUT2D eigenvalue weighted by molar-refractivity contribution is -0.140. The van der Waals surface area contributed by atoms with Crippen LogP contribution in [0, 0.1) is 5.92 Å². The Morgan fingerprint density at radius 2 is 2.08 bits per heavy atom. The maximum absolute atomic E-state index is 13.0. The Bertz CT molecular complexity index is 674. The van der Waals surface area contributed by atoms with Crippen molar-refractivity contribution in [3.8, 4) is 5.75 Å². The third-order valence-electron chi connectivity index (χ3n) is 5.09. The van der Waals surface area contributed by atoms with E-state index in [-0.39, 0.29) is 17.7 Å². The predicted octanol–water partition coefficient (Wildman–Crippen LogP) is 2.23. The number of hydrogen-bond donors (Lipinski definition) is 2. The number of fused-ring (bicyclic) bond motifs is 1. The summed E-state index contributed by atoms with van der Waals surface area (Å²) in [5.41, 5.74) is 0.900. The van der Waals surface area contributed by atoms with Crippen molar-refractivity contribution in [2.24, 2.45) is 5.92 Å². The van der Waals surface area contributed by atoms with Gasteiger partial charge in [0.25, 0.3) is 0 Å². The summed E-state index contributed by atoms with van der Waals surface area (Å²) in [6.07, 6.45) is 2.83. The smallest absolute Gasteiger partial charge is 0.248 e. The molecule has 6 nitrogen and oxygen atoms in total. The van der Waals surface area contributed by atoms with E-state index in [1.807, 2.05) is 18.2 Å². The van der Waals surface area contributed by atoms with Gasteiger partial charge in [-0.3, -0.25) is 9.59 Å². The fourth-order valence-corrected chi connectivity index (χ4v) is 4.00. The highest BCUT2D eigenvalue weighted by Crippen LogP contribution is 2.27. The highest BCUT2D eigenvalue weighted by Gasteiger charge is 2.33.